The molecule has 1 aliphatic carbocycles. The lowest BCUT2D eigenvalue weighted by Gasteiger charge is -2.41. The van der Waals surface area contributed by atoms with E-state index in [1.165, 1.54) is 7.11 Å². The fourth-order valence-corrected chi connectivity index (χ4v) is 2.40. The smallest absolute Gasteiger partial charge is 0.337 e. The Bertz CT molecular complexity index is 480. The number of nitrogens with zero attached hydrogens (tertiary/aromatic N) is 1. The summed E-state index contributed by atoms with van der Waals surface area (Å²) in [7, 11) is 1.38. The van der Waals surface area contributed by atoms with E-state index in [1.807, 2.05) is 17.2 Å². The molecule has 0 saturated carbocycles. The monoisotopic (exact) mass is 245 g/mol. The highest BCUT2D eigenvalue weighted by Gasteiger charge is 2.31. The van der Waals surface area contributed by atoms with Crippen LogP contribution in [0.2, 0.25) is 0 Å². The third-order valence-corrected chi connectivity index (χ3v) is 3.39. The molecule has 4 rings (SSSR count). The molecule has 4 heteroatoms. The van der Waals surface area contributed by atoms with Gasteiger partial charge in [-0.15, -0.1) is 0 Å². The van der Waals surface area contributed by atoms with Crippen LogP contribution < -0.4 is 5.06 Å². The minimum Gasteiger partial charge on any atom is -0.465 e. The van der Waals surface area contributed by atoms with Gasteiger partial charge in [0.25, 0.3) is 0 Å². The maximum absolute atomic E-state index is 11.4. The Morgan fingerprint density at radius 1 is 1.28 bits per heavy atom. The second-order valence-corrected chi connectivity index (χ2v) is 4.54. The van der Waals surface area contributed by atoms with Gasteiger partial charge in [-0.3, -0.25) is 4.84 Å². The van der Waals surface area contributed by atoms with Crippen molar-refractivity contribution in [2.75, 3.05) is 12.2 Å². The normalized spacial score (nSPS) is 25.3. The number of esters is 1. The van der Waals surface area contributed by atoms with E-state index in [2.05, 4.69) is 16.9 Å². The zero-order valence-electron chi connectivity index (χ0n) is 10.2. The van der Waals surface area contributed by atoms with E-state index in [1.54, 1.807) is 12.1 Å². The van der Waals surface area contributed by atoms with Crippen molar-refractivity contribution in [1.29, 1.82) is 0 Å². The van der Waals surface area contributed by atoms with Gasteiger partial charge in [0.1, 0.15) is 6.10 Å². The molecule has 2 aliphatic heterocycles. The molecule has 2 bridgehead atoms. The van der Waals surface area contributed by atoms with Crippen LogP contribution in [0.3, 0.4) is 0 Å². The summed E-state index contributed by atoms with van der Waals surface area (Å²) in [6.07, 6.45) is 6.69. The molecule has 0 unspecified atom stereocenters. The van der Waals surface area contributed by atoms with Crippen LogP contribution in [0.15, 0.2) is 36.4 Å². The Morgan fingerprint density at radius 2 is 2.06 bits per heavy atom. The van der Waals surface area contributed by atoms with Crippen LogP contribution in [-0.2, 0) is 9.57 Å². The van der Waals surface area contributed by atoms with Gasteiger partial charge in [0.05, 0.1) is 24.4 Å². The first-order valence-electron chi connectivity index (χ1n) is 6.10. The summed E-state index contributed by atoms with van der Waals surface area (Å²) in [5, 5.41) is 1.93. The minimum atomic E-state index is -0.317. The molecule has 1 aromatic rings. The predicted molar refractivity (Wildman–Crippen MR) is 67.3 cm³/mol. The average molecular weight is 245 g/mol. The van der Waals surface area contributed by atoms with Gasteiger partial charge in [0.2, 0.25) is 0 Å². The molecular formula is C14H15NO3. The molecule has 0 amide bonds. The number of hydrogen-bond acceptors (Lipinski definition) is 4. The van der Waals surface area contributed by atoms with Crippen molar-refractivity contribution in [3.63, 3.8) is 0 Å². The number of carbonyl (C=O) groups is 1. The van der Waals surface area contributed by atoms with Crippen LogP contribution in [0, 0.1) is 0 Å². The maximum Gasteiger partial charge on any atom is 0.337 e. The number of benzene rings is 1. The number of rotatable bonds is 2. The van der Waals surface area contributed by atoms with Crippen LogP contribution in [-0.4, -0.2) is 25.2 Å². The van der Waals surface area contributed by atoms with Crippen molar-refractivity contribution in [3.8, 4) is 0 Å². The molecule has 0 radical (unpaired) electrons. The maximum atomic E-state index is 11.4. The first kappa shape index (κ1) is 11.3. The summed E-state index contributed by atoms with van der Waals surface area (Å²) < 4.78 is 4.68. The Labute approximate surface area is 106 Å². The van der Waals surface area contributed by atoms with Crippen molar-refractivity contribution in [1.82, 2.24) is 0 Å². The molecule has 18 heavy (non-hydrogen) atoms. The standard InChI is InChI=1S/C14H15NO3/c1-17-14(16)10-2-4-11(5-3-10)15-12-6-8-13(18-15)9-7-12/h2-6,8,12-13H,7,9H2,1H3/t12-,13+/m0/s1. The van der Waals surface area contributed by atoms with E-state index >= 15 is 0 Å². The van der Waals surface area contributed by atoms with Gasteiger partial charge in [0.15, 0.2) is 0 Å². The molecule has 1 aromatic carbocycles. The molecule has 4 nitrogen and oxygen atoms in total. The fourth-order valence-electron chi connectivity index (χ4n) is 2.40. The molecule has 1 saturated heterocycles. The molecule has 3 aliphatic rings. The number of hydroxylamine groups is 1. The van der Waals surface area contributed by atoms with Crippen LogP contribution >= 0.6 is 0 Å². The van der Waals surface area contributed by atoms with Gasteiger partial charge in [0, 0.05) is 0 Å². The minimum absolute atomic E-state index is 0.190. The first-order chi connectivity index (χ1) is 8.78. The highest BCUT2D eigenvalue weighted by Crippen LogP contribution is 2.32. The second-order valence-electron chi connectivity index (χ2n) is 4.54. The third-order valence-electron chi connectivity index (χ3n) is 3.39. The number of carbonyl (C=O) groups excluding carboxylic acids is 1. The Hall–Kier alpha value is -1.81. The lowest BCUT2D eigenvalue weighted by Crippen LogP contribution is -2.45. The molecule has 0 N–H and O–H groups in total. The van der Waals surface area contributed by atoms with Crippen molar-refractivity contribution >= 4 is 11.7 Å². The number of fused-ring (bicyclic) bond motifs is 2. The van der Waals surface area contributed by atoms with Crippen molar-refractivity contribution in [2.45, 2.75) is 25.0 Å². The predicted octanol–water partition coefficient (Wildman–Crippen LogP) is 2.31. The number of hydrogen-bond donors (Lipinski definition) is 0. The highest BCUT2D eigenvalue weighted by molar-refractivity contribution is 5.89. The first-order valence-corrected chi connectivity index (χ1v) is 6.10. The van der Waals surface area contributed by atoms with Crippen molar-refractivity contribution < 1.29 is 14.4 Å². The van der Waals surface area contributed by atoms with E-state index in [4.69, 9.17) is 4.84 Å². The zero-order valence-corrected chi connectivity index (χ0v) is 10.2. The summed E-state index contributed by atoms with van der Waals surface area (Å²) in [6, 6.07) is 7.60. The summed E-state index contributed by atoms with van der Waals surface area (Å²) in [4.78, 5) is 17.2. The topological polar surface area (TPSA) is 38.8 Å². The van der Waals surface area contributed by atoms with E-state index in [0.29, 0.717) is 11.6 Å². The summed E-state index contributed by atoms with van der Waals surface area (Å²) in [5.74, 6) is -0.317. The number of anilines is 1. The SMILES string of the molecule is COC(=O)c1ccc(N2O[C@@H]3C=C[C@H]2CC3)cc1. The highest BCUT2D eigenvalue weighted by atomic mass is 16.7. The molecule has 0 spiro atoms. The lowest BCUT2D eigenvalue weighted by atomic mass is 9.98. The van der Waals surface area contributed by atoms with E-state index in [-0.39, 0.29) is 12.1 Å². The Balaban J connectivity index is 1.81. The molecule has 0 aromatic heterocycles. The zero-order chi connectivity index (χ0) is 12.5. The van der Waals surface area contributed by atoms with Gasteiger partial charge in [-0.1, -0.05) is 12.2 Å². The average Bonchev–Trinajstić information content (AvgIpc) is 2.48. The third kappa shape index (κ3) is 1.88. The number of methoxy groups -OCH3 is 1. The molecular weight excluding hydrogens is 230 g/mol. The molecule has 94 valence electrons. The Morgan fingerprint density at radius 3 is 2.56 bits per heavy atom. The second kappa shape index (κ2) is 4.46. The molecule has 1 fully saturated rings. The van der Waals surface area contributed by atoms with E-state index in [0.717, 1.165) is 18.5 Å². The van der Waals surface area contributed by atoms with Crippen molar-refractivity contribution in [2.24, 2.45) is 0 Å². The van der Waals surface area contributed by atoms with Gasteiger partial charge >= 0.3 is 5.97 Å². The summed E-state index contributed by atoms with van der Waals surface area (Å²) >= 11 is 0. The van der Waals surface area contributed by atoms with Crippen LogP contribution in [0.25, 0.3) is 0 Å². The summed E-state index contributed by atoms with van der Waals surface area (Å²) in [6.45, 7) is 0. The largest absolute Gasteiger partial charge is 0.465 e. The van der Waals surface area contributed by atoms with Gasteiger partial charge in [-0.25, -0.2) is 9.86 Å². The van der Waals surface area contributed by atoms with Gasteiger partial charge in [-0.05, 0) is 37.1 Å². The van der Waals surface area contributed by atoms with Crippen molar-refractivity contribution in [3.05, 3.63) is 42.0 Å². The lowest BCUT2D eigenvalue weighted by molar-refractivity contribution is 0.00351. The van der Waals surface area contributed by atoms with Crippen LogP contribution in [0.1, 0.15) is 23.2 Å². The quantitative estimate of drug-likeness (QED) is 0.592. The number of ether oxygens (including phenoxy) is 1. The fraction of sp³-hybridized carbons (Fsp3) is 0.357. The molecule has 2 heterocycles. The van der Waals surface area contributed by atoms with E-state index < -0.39 is 0 Å². The van der Waals surface area contributed by atoms with Gasteiger partial charge in [-0.2, -0.15) is 0 Å². The Kier molecular flexibility index (Phi) is 2.80. The van der Waals surface area contributed by atoms with Crippen LogP contribution in [0.4, 0.5) is 5.69 Å². The van der Waals surface area contributed by atoms with Crippen LogP contribution in [0.5, 0.6) is 0 Å². The van der Waals surface area contributed by atoms with E-state index in [9.17, 15) is 4.79 Å². The van der Waals surface area contributed by atoms with Gasteiger partial charge < -0.3 is 4.74 Å². The summed E-state index contributed by atoms with van der Waals surface area (Å²) in [5.41, 5.74) is 1.53. The molecule has 2 atom stereocenters.